The van der Waals surface area contributed by atoms with Gasteiger partial charge in [-0.3, -0.25) is 0 Å². The van der Waals surface area contributed by atoms with Crippen molar-refractivity contribution in [1.29, 1.82) is 0 Å². The minimum absolute atomic E-state index is 0. The zero-order valence-electron chi connectivity index (χ0n) is 30.0. The van der Waals surface area contributed by atoms with Gasteiger partial charge in [-0.15, -0.1) is 0 Å². The average Bonchev–Trinajstić information content (AvgIpc) is 3.28. The molecule has 1 aliphatic heterocycles. The van der Waals surface area contributed by atoms with Gasteiger partial charge >= 0.3 is 0 Å². The molecular weight excluding hydrogens is 737 g/mol. The van der Waals surface area contributed by atoms with Gasteiger partial charge in [0.05, 0.1) is 16.7 Å². The summed E-state index contributed by atoms with van der Waals surface area (Å²) < 4.78 is 2.54. The summed E-state index contributed by atoms with van der Waals surface area (Å²) in [5, 5.41) is 2.75. The summed E-state index contributed by atoms with van der Waals surface area (Å²) >= 11 is 0. The van der Waals surface area contributed by atoms with Crippen molar-refractivity contribution in [1.82, 2.24) is 4.57 Å². The van der Waals surface area contributed by atoms with E-state index in [1.54, 1.807) is 5.56 Å². The van der Waals surface area contributed by atoms with Gasteiger partial charge in [0.2, 0.25) is 0 Å². The molecule has 3 aromatic carbocycles. The maximum Gasteiger partial charge on any atom is 0.0585 e. The van der Waals surface area contributed by atoms with Gasteiger partial charge in [0, 0.05) is 114 Å². The van der Waals surface area contributed by atoms with Crippen molar-refractivity contribution in [3.05, 3.63) is 92.2 Å². The van der Waals surface area contributed by atoms with Crippen LogP contribution in [0.1, 0.15) is 113 Å². The Morgan fingerprint density at radius 3 is 1.55 bits per heavy atom. The zero-order chi connectivity index (χ0) is 28.3. The minimum atomic E-state index is 0. The van der Waals surface area contributed by atoms with E-state index in [0.29, 0.717) is 11.8 Å². The molecule has 4 aromatic rings. The van der Waals surface area contributed by atoms with Crippen molar-refractivity contribution < 1.29 is 98.1 Å². The van der Waals surface area contributed by atoms with Crippen molar-refractivity contribution in [2.24, 2.45) is 11.8 Å². The standard InChI is InChI=1S/C27H29N.C3H8.3C2H6.2CH3.3Y/c1-6-19-15-16-21-20-11-7-9-13-23(20)28-24-14-10-8-12-22(24)27(17(2)3,18(4)5)25(19)26(21)28;1-3-2;3*1-2;;;;;/h7-18H,6H2,1-5H3;3H2,1-2H3;3*1-2H3;2*1H3;;;/q;;;;;2*-1;;;. The number of aryl methyl sites for hydroxylation is 1. The number of aromatic nitrogens is 1. The van der Waals surface area contributed by atoms with Crippen molar-refractivity contribution in [3.63, 3.8) is 0 Å². The fourth-order valence-corrected chi connectivity index (χ4v) is 6.12. The van der Waals surface area contributed by atoms with Crippen LogP contribution in [0.3, 0.4) is 0 Å². The Labute approximate surface area is 338 Å². The van der Waals surface area contributed by atoms with Crippen LogP contribution in [0.15, 0.2) is 60.7 Å². The monoisotopic (exact) mass is 798 g/mol. The summed E-state index contributed by atoms with van der Waals surface area (Å²) in [6.07, 6.45) is 2.32. The molecule has 0 bridgehead atoms. The van der Waals surface area contributed by atoms with E-state index in [1.165, 1.54) is 45.0 Å². The largest absolute Gasteiger partial charge is 0.358 e. The maximum absolute atomic E-state index is 2.54. The molecule has 0 unspecified atom stereocenters. The number of hydrogen-bond donors (Lipinski definition) is 0. The number of para-hydroxylation sites is 2. The van der Waals surface area contributed by atoms with Crippen LogP contribution >= 0.6 is 0 Å². The Hall–Kier alpha value is 0.772. The molecule has 2 heterocycles. The zero-order valence-corrected chi connectivity index (χ0v) is 38.5. The Morgan fingerprint density at radius 2 is 1.07 bits per heavy atom. The van der Waals surface area contributed by atoms with E-state index < -0.39 is 0 Å². The number of benzene rings is 3. The summed E-state index contributed by atoms with van der Waals surface area (Å²) in [6, 6.07) is 22.8. The normalized spacial score (nSPS) is 10.8. The minimum Gasteiger partial charge on any atom is -0.358 e. The van der Waals surface area contributed by atoms with Crippen molar-refractivity contribution in [3.8, 4) is 5.69 Å². The molecule has 1 nitrogen and oxygen atoms in total. The molecule has 0 saturated heterocycles. The van der Waals surface area contributed by atoms with Gasteiger partial charge in [-0.1, -0.05) is 145 Å². The fourth-order valence-electron chi connectivity index (χ4n) is 6.12. The Bertz CT molecular complexity index is 1230. The third-order valence-corrected chi connectivity index (χ3v) is 7.13. The van der Waals surface area contributed by atoms with E-state index in [9.17, 15) is 0 Å². The van der Waals surface area contributed by atoms with E-state index >= 15 is 0 Å². The van der Waals surface area contributed by atoms with Crippen LogP contribution in [0.2, 0.25) is 0 Å². The first-order chi connectivity index (χ1) is 17.9. The summed E-state index contributed by atoms with van der Waals surface area (Å²) in [6.45, 7) is 28.2. The predicted octanol–water partition coefficient (Wildman–Crippen LogP) is 12.6. The predicted molar refractivity (Wildman–Crippen MR) is 183 cm³/mol. The van der Waals surface area contributed by atoms with Crippen LogP contribution in [0, 0.1) is 26.7 Å². The third-order valence-electron chi connectivity index (χ3n) is 7.13. The molecule has 4 heteroatoms. The summed E-state index contributed by atoms with van der Waals surface area (Å²) in [4.78, 5) is 0. The van der Waals surface area contributed by atoms with Gasteiger partial charge in [0.1, 0.15) is 0 Å². The molecule has 0 spiro atoms. The second-order valence-corrected chi connectivity index (χ2v) is 9.60. The maximum atomic E-state index is 2.54. The van der Waals surface area contributed by atoms with Gasteiger partial charge in [-0.25, -0.2) is 0 Å². The van der Waals surface area contributed by atoms with Crippen molar-refractivity contribution >= 4 is 21.8 Å². The molecule has 42 heavy (non-hydrogen) atoms. The van der Waals surface area contributed by atoms with Crippen LogP contribution < -0.4 is 0 Å². The second kappa shape index (κ2) is 25.9. The molecular formula is C38H61NY3-2. The second-order valence-electron chi connectivity index (χ2n) is 9.60. The Morgan fingerprint density at radius 1 is 0.619 bits per heavy atom. The van der Waals surface area contributed by atoms with Crippen LogP contribution in [0.25, 0.3) is 27.5 Å². The Kier molecular flexibility index (Phi) is 32.3. The van der Waals surface area contributed by atoms with Crippen LogP contribution in [-0.2, 0) is 110 Å². The molecule has 0 amide bonds. The van der Waals surface area contributed by atoms with Gasteiger partial charge < -0.3 is 19.4 Å². The van der Waals surface area contributed by atoms with Gasteiger partial charge in [0.15, 0.2) is 0 Å². The molecule has 0 saturated carbocycles. The molecule has 3 radical (unpaired) electrons. The molecule has 0 aliphatic carbocycles. The first kappa shape index (κ1) is 52.3. The van der Waals surface area contributed by atoms with Gasteiger partial charge in [0.25, 0.3) is 0 Å². The van der Waals surface area contributed by atoms with Crippen LogP contribution in [-0.4, -0.2) is 4.57 Å². The van der Waals surface area contributed by atoms with Gasteiger partial charge in [-0.05, 0) is 47.1 Å². The van der Waals surface area contributed by atoms with Crippen molar-refractivity contribution in [2.45, 2.75) is 108 Å². The average molecular weight is 799 g/mol. The van der Waals surface area contributed by atoms with E-state index in [1.807, 2.05) is 41.5 Å². The molecule has 229 valence electrons. The van der Waals surface area contributed by atoms with Gasteiger partial charge in [-0.2, -0.15) is 0 Å². The molecule has 0 atom stereocenters. The van der Waals surface area contributed by atoms with Crippen LogP contribution in [0.5, 0.6) is 0 Å². The summed E-state index contributed by atoms with van der Waals surface area (Å²) in [5.74, 6) is 1.02. The van der Waals surface area contributed by atoms with E-state index in [-0.39, 0.29) is 118 Å². The molecule has 0 fully saturated rings. The topological polar surface area (TPSA) is 4.93 Å². The molecule has 5 rings (SSSR count). The fraction of sp³-hybridized carbons (Fsp3) is 0.474. The first-order valence-electron chi connectivity index (χ1n) is 15.1. The number of hydrogen-bond acceptors (Lipinski definition) is 0. The van der Waals surface area contributed by atoms with Crippen molar-refractivity contribution in [2.75, 3.05) is 0 Å². The summed E-state index contributed by atoms with van der Waals surface area (Å²) in [7, 11) is 0. The quantitative estimate of drug-likeness (QED) is 0.182. The molecule has 1 aromatic heterocycles. The smallest absolute Gasteiger partial charge is 0.0585 e. The number of rotatable bonds is 3. The number of fused-ring (bicyclic) bond motifs is 5. The first-order valence-corrected chi connectivity index (χ1v) is 15.1. The molecule has 1 aliphatic rings. The van der Waals surface area contributed by atoms with E-state index in [4.69, 9.17) is 0 Å². The Balaban J connectivity index is -0.000000297. The van der Waals surface area contributed by atoms with Crippen LogP contribution in [0.4, 0.5) is 0 Å². The summed E-state index contributed by atoms with van der Waals surface area (Å²) in [5.41, 5.74) is 8.67. The third kappa shape index (κ3) is 9.64. The number of nitrogens with zero attached hydrogens (tertiary/aromatic N) is 1. The molecule has 0 N–H and O–H groups in total. The van der Waals surface area contributed by atoms with E-state index in [0.717, 1.165) is 6.42 Å². The SMILES string of the molecule is CC.CC.CC.CCC.CCc1ccc2c3ccccc3n3c2c1C(C(C)C)(C(C)C)c1ccccc1-3.[CH3-].[CH3-].[Y].[Y].[Y]. The van der Waals surface area contributed by atoms with E-state index in [2.05, 4.69) is 114 Å².